The molecule has 4 rings (SSSR count). The van der Waals surface area contributed by atoms with Crippen molar-refractivity contribution in [3.8, 4) is 0 Å². The molecular formula is C23H21FN2O3S. The van der Waals surface area contributed by atoms with Crippen molar-refractivity contribution < 1.29 is 17.6 Å². The molecule has 0 unspecified atom stereocenters. The largest absolute Gasteiger partial charge is 0.305 e. The van der Waals surface area contributed by atoms with Gasteiger partial charge in [-0.15, -0.1) is 0 Å². The van der Waals surface area contributed by atoms with E-state index in [9.17, 15) is 17.6 Å². The number of carbonyl (C=O) groups excluding carboxylic acids is 1. The Morgan fingerprint density at radius 1 is 1.03 bits per heavy atom. The van der Waals surface area contributed by atoms with Crippen LogP contribution >= 0.6 is 0 Å². The number of rotatable bonds is 4. The molecule has 1 amide bonds. The summed E-state index contributed by atoms with van der Waals surface area (Å²) in [6, 6.07) is 19.2. The summed E-state index contributed by atoms with van der Waals surface area (Å²) in [6.07, 6.45) is 0.746. The quantitative estimate of drug-likeness (QED) is 0.629. The van der Waals surface area contributed by atoms with Gasteiger partial charge >= 0.3 is 0 Å². The Balaban J connectivity index is 1.69. The molecule has 0 aromatic heterocycles. The van der Waals surface area contributed by atoms with Crippen LogP contribution in [0.1, 0.15) is 22.8 Å². The second-order valence-corrected chi connectivity index (χ2v) is 9.28. The van der Waals surface area contributed by atoms with E-state index < -0.39 is 15.8 Å². The van der Waals surface area contributed by atoms with E-state index >= 15 is 0 Å². The first-order chi connectivity index (χ1) is 14.3. The zero-order valence-corrected chi connectivity index (χ0v) is 17.4. The number of benzene rings is 3. The molecule has 3 aromatic carbocycles. The highest BCUT2D eigenvalue weighted by molar-refractivity contribution is 7.92. The summed E-state index contributed by atoms with van der Waals surface area (Å²) in [5.74, 6) is -0.906. The predicted molar refractivity (Wildman–Crippen MR) is 115 cm³/mol. The van der Waals surface area contributed by atoms with Crippen molar-refractivity contribution in [3.05, 3.63) is 89.7 Å². The van der Waals surface area contributed by atoms with Gasteiger partial charge in [0, 0.05) is 24.3 Å². The van der Waals surface area contributed by atoms with Crippen LogP contribution in [-0.4, -0.2) is 27.4 Å². The lowest BCUT2D eigenvalue weighted by Crippen LogP contribution is -2.36. The van der Waals surface area contributed by atoms with Crippen molar-refractivity contribution in [2.24, 2.45) is 0 Å². The standard InChI is InChI=1S/C23H21FN2O3S/c1-16-14-17-8-3-5-12-21(17)26(16)23(27)18-9-7-10-19(15-18)30(28,29)25(2)22-13-6-4-11-20(22)24/h3-13,15-16H,14H2,1-2H3/t16-/m1/s1. The summed E-state index contributed by atoms with van der Waals surface area (Å²) in [5.41, 5.74) is 2.13. The van der Waals surface area contributed by atoms with Crippen molar-refractivity contribution in [1.29, 1.82) is 0 Å². The van der Waals surface area contributed by atoms with Gasteiger partial charge in [0.1, 0.15) is 5.82 Å². The van der Waals surface area contributed by atoms with E-state index in [1.54, 1.807) is 17.0 Å². The first kappa shape index (κ1) is 20.1. The van der Waals surface area contributed by atoms with E-state index in [0.717, 1.165) is 22.0 Å². The molecule has 0 aliphatic carbocycles. The van der Waals surface area contributed by atoms with Crippen molar-refractivity contribution in [3.63, 3.8) is 0 Å². The molecule has 30 heavy (non-hydrogen) atoms. The summed E-state index contributed by atoms with van der Waals surface area (Å²) in [4.78, 5) is 14.9. The van der Waals surface area contributed by atoms with Gasteiger partial charge in [0.25, 0.3) is 15.9 Å². The number of sulfonamides is 1. The minimum atomic E-state index is -4.05. The fourth-order valence-corrected chi connectivity index (χ4v) is 5.05. The molecule has 5 nitrogen and oxygen atoms in total. The number of amides is 1. The van der Waals surface area contributed by atoms with Gasteiger partial charge in [0.05, 0.1) is 10.6 Å². The normalized spacial score (nSPS) is 15.7. The molecule has 3 aromatic rings. The van der Waals surface area contributed by atoms with E-state index in [-0.39, 0.29) is 28.1 Å². The zero-order valence-electron chi connectivity index (χ0n) is 16.6. The molecule has 0 N–H and O–H groups in total. The molecule has 0 bridgehead atoms. The van der Waals surface area contributed by atoms with Gasteiger partial charge in [-0.1, -0.05) is 36.4 Å². The van der Waals surface area contributed by atoms with Crippen LogP contribution in [0.2, 0.25) is 0 Å². The molecule has 1 aliphatic heterocycles. The average molecular weight is 424 g/mol. The third-order valence-electron chi connectivity index (χ3n) is 5.36. The van der Waals surface area contributed by atoms with Crippen LogP contribution in [0.25, 0.3) is 0 Å². The Hall–Kier alpha value is -3.19. The number of carbonyl (C=O) groups is 1. The van der Waals surface area contributed by atoms with Gasteiger partial charge in [-0.05, 0) is 55.3 Å². The molecule has 1 aliphatic rings. The van der Waals surface area contributed by atoms with E-state index in [0.29, 0.717) is 0 Å². The molecule has 154 valence electrons. The second-order valence-electron chi connectivity index (χ2n) is 7.31. The summed E-state index contributed by atoms with van der Waals surface area (Å²) < 4.78 is 41.2. The zero-order chi connectivity index (χ0) is 21.5. The van der Waals surface area contributed by atoms with Gasteiger partial charge in [-0.25, -0.2) is 12.8 Å². The number of para-hydroxylation sites is 2. The Labute approximate surface area is 175 Å². The minimum absolute atomic E-state index is 0.0312. The first-order valence-electron chi connectivity index (χ1n) is 9.55. The maximum absolute atomic E-state index is 14.1. The van der Waals surface area contributed by atoms with Crippen molar-refractivity contribution >= 4 is 27.3 Å². The third-order valence-corrected chi connectivity index (χ3v) is 7.12. The highest BCUT2D eigenvalue weighted by Crippen LogP contribution is 2.33. The van der Waals surface area contributed by atoms with Gasteiger partial charge in [-0.3, -0.25) is 9.10 Å². The van der Waals surface area contributed by atoms with Crippen LogP contribution in [0.15, 0.2) is 77.7 Å². The molecule has 1 heterocycles. The number of nitrogens with zero attached hydrogens (tertiary/aromatic N) is 2. The Morgan fingerprint density at radius 2 is 1.73 bits per heavy atom. The van der Waals surface area contributed by atoms with Crippen LogP contribution in [0, 0.1) is 5.82 Å². The van der Waals surface area contributed by atoms with Crippen LogP contribution < -0.4 is 9.21 Å². The van der Waals surface area contributed by atoms with Crippen LogP contribution in [0.5, 0.6) is 0 Å². The SMILES string of the molecule is C[C@@H]1Cc2ccccc2N1C(=O)c1cccc(S(=O)(=O)N(C)c2ccccc2F)c1. The van der Waals surface area contributed by atoms with Crippen molar-refractivity contribution in [2.75, 3.05) is 16.3 Å². The van der Waals surface area contributed by atoms with Gasteiger partial charge in [0.15, 0.2) is 0 Å². The van der Waals surface area contributed by atoms with Crippen LogP contribution in [-0.2, 0) is 16.4 Å². The highest BCUT2D eigenvalue weighted by atomic mass is 32.2. The van der Waals surface area contributed by atoms with Gasteiger partial charge in [-0.2, -0.15) is 0 Å². The van der Waals surface area contributed by atoms with Crippen LogP contribution in [0.4, 0.5) is 15.8 Å². The predicted octanol–water partition coefficient (Wildman–Crippen LogP) is 4.24. The molecule has 7 heteroatoms. The summed E-state index contributed by atoms with van der Waals surface area (Å²) in [5, 5.41) is 0. The fourth-order valence-electron chi connectivity index (χ4n) is 3.80. The fraction of sp³-hybridized carbons (Fsp3) is 0.174. The molecule has 0 radical (unpaired) electrons. The summed E-state index contributed by atoms with van der Waals surface area (Å²) >= 11 is 0. The number of hydrogen-bond acceptors (Lipinski definition) is 3. The molecule has 0 saturated carbocycles. The van der Waals surface area contributed by atoms with E-state index in [2.05, 4.69) is 0 Å². The smallest absolute Gasteiger partial charge is 0.264 e. The highest BCUT2D eigenvalue weighted by Gasteiger charge is 2.32. The second kappa shape index (κ2) is 7.57. The molecule has 1 atom stereocenters. The van der Waals surface area contributed by atoms with Gasteiger partial charge in [0.2, 0.25) is 0 Å². The Bertz CT molecular complexity index is 1230. The van der Waals surface area contributed by atoms with E-state index in [4.69, 9.17) is 0 Å². The lowest BCUT2D eigenvalue weighted by molar-refractivity contribution is 0.0981. The van der Waals surface area contributed by atoms with Crippen molar-refractivity contribution in [2.45, 2.75) is 24.3 Å². The molecule has 0 fully saturated rings. The summed E-state index contributed by atoms with van der Waals surface area (Å²) in [7, 11) is -2.75. The number of fused-ring (bicyclic) bond motifs is 1. The maximum Gasteiger partial charge on any atom is 0.264 e. The molecular weight excluding hydrogens is 403 g/mol. The summed E-state index contributed by atoms with van der Waals surface area (Å²) in [6.45, 7) is 1.96. The third kappa shape index (κ3) is 3.35. The van der Waals surface area contributed by atoms with E-state index in [1.807, 2.05) is 31.2 Å². The van der Waals surface area contributed by atoms with Crippen molar-refractivity contribution in [1.82, 2.24) is 0 Å². The number of anilines is 2. The van der Waals surface area contributed by atoms with Crippen LogP contribution in [0.3, 0.4) is 0 Å². The molecule has 0 saturated heterocycles. The topological polar surface area (TPSA) is 57.7 Å². The lowest BCUT2D eigenvalue weighted by Gasteiger charge is -2.24. The Morgan fingerprint density at radius 3 is 2.50 bits per heavy atom. The number of halogens is 1. The lowest BCUT2D eigenvalue weighted by atomic mass is 10.1. The monoisotopic (exact) mass is 424 g/mol. The maximum atomic E-state index is 14.1. The van der Waals surface area contributed by atoms with E-state index in [1.165, 1.54) is 43.4 Å². The Kier molecular flexibility index (Phi) is 5.07. The minimum Gasteiger partial charge on any atom is -0.305 e. The number of hydrogen-bond donors (Lipinski definition) is 0. The average Bonchev–Trinajstić information content (AvgIpc) is 3.08. The van der Waals surface area contributed by atoms with Gasteiger partial charge < -0.3 is 4.90 Å². The first-order valence-corrected chi connectivity index (χ1v) is 11.0. The molecule has 0 spiro atoms.